The maximum Gasteiger partial charge on any atom is 0.0399 e. The molecule has 1 fully saturated rings. The van der Waals surface area contributed by atoms with Crippen LogP contribution in [0.1, 0.15) is 31.7 Å². The van der Waals surface area contributed by atoms with Gasteiger partial charge in [0.1, 0.15) is 0 Å². The smallest absolute Gasteiger partial charge is 0.0399 e. The molecule has 0 aromatic heterocycles. The highest BCUT2D eigenvalue weighted by Crippen LogP contribution is 2.30. The first-order valence-corrected chi connectivity index (χ1v) is 6.25. The zero-order valence-corrected chi connectivity index (χ0v) is 10.3. The molecule has 0 heterocycles. The van der Waals surface area contributed by atoms with E-state index in [1.807, 2.05) is 0 Å². The number of hydrogen-bond acceptors (Lipinski definition) is 2. The van der Waals surface area contributed by atoms with Gasteiger partial charge >= 0.3 is 0 Å². The van der Waals surface area contributed by atoms with E-state index in [1.54, 1.807) is 0 Å². The van der Waals surface area contributed by atoms with E-state index in [2.05, 4.69) is 43.1 Å². The molecule has 1 aromatic carbocycles. The van der Waals surface area contributed by atoms with Crippen LogP contribution < -0.4 is 10.6 Å². The molecule has 2 N–H and O–H groups in total. The van der Waals surface area contributed by atoms with Crippen molar-refractivity contribution >= 4 is 5.69 Å². The lowest BCUT2D eigenvalue weighted by Crippen LogP contribution is -2.37. The predicted molar refractivity (Wildman–Crippen MR) is 69.8 cm³/mol. The van der Waals surface area contributed by atoms with Crippen molar-refractivity contribution in [3.63, 3.8) is 0 Å². The van der Waals surface area contributed by atoms with Crippen molar-refractivity contribution in [3.8, 4) is 0 Å². The van der Waals surface area contributed by atoms with Gasteiger partial charge in [-0.2, -0.15) is 0 Å². The molecule has 2 nitrogen and oxygen atoms in total. The minimum Gasteiger partial charge on any atom is -0.371 e. The van der Waals surface area contributed by atoms with Crippen LogP contribution in [0, 0.1) is 0 Å². The summed E-state index contributed by atoms with van der Waals surface area (Å²) >= 11 is 0. The monoisotopic (exact) mass is 218 g/mol. The topological polar surface area (TPSA) is 29.3 Å². The van der Waals surface area contributed by atoms with Crippen LogP contribution in [0.15, 0.2) is 24.3 Å². The Morgan fingerprint density at radius 2 is 2.06 bits per heavy atom. The molecular weight excluding hydrogens is 196 g/mol. The molecule has 0 spiro atoms. The Bertz CT molecular complexity index is 342. The fraction of sp³-hybridized carbons (Fsp3) is 0.571. The standard InChI is InChI=1S/C14H22N2/c1-11(15)10-12-6-3-4-9-14(12)16(2)13-7-5-8-13/h3-4,6,9,11,13H,5,7-8,10,15H2,1-2H3. The molecule has 88 valence electrons. The molecule has 1 aliphatic carbocycles. The van der Waals surface area contributed by atoms with Gasteiger partial charge in [0.25, 0.3) is 0 Å². The fourth-order valence-electron chi connectivity index (χ4n) is 2.35. The van der Waals surface area contributed by atoms with Gasteiger partial charge in [-0.15, -0.1) is 0 Å². The number of rotatable bonds is 4. The van der Waals surface area contributed by atoms with Crippen molar-refractivity contribution in [3.05, 3.63) is 29.8 Å². The number of nitrogens with two attached hydrogens (primary N) is 1. The minimum atomic E-state index is 0.232. The second kappa shape index (κ2) is 4.88. The van der Waals surface area contributed by atoms with Gasteiger partial charge in [-0.05, 0) is 44.2 Å². The quantitative estimate of drug-likeness (QED) is 0.841. The van der Waals surface area contributed by atoms with Gasteiger partial charge in [0.2, 0.25) is 0 Å². The molecule has 1 saturated carbocycles. The van der Waals surface area contributed by atoms with E-state index in [1.165, 1.54) is 30.5 Å². The van der Waals surface area contributed by atoms with Crippen LogP contribution in [0.5, 0.6) is 0 Å². The van der Waals surface area contributed by atoms with Crippen molar-refractivity contribution < 1.29 is 0 Å². The Balaban J connectivity index is 2.17. The molecule has 2 rings (SSSR count). The van der Waals surface area contributed by atoms with Crippen LogP contribution in [0.25, 0.3) is 0 Å². The first-order chi connectivity index (χ1) is 7.68. The Labute approximate surface area is 98.4 Å². The summed E-state index contributed by atoms with van der Waals surface area (Å²) < 4.78 is 0. The maximum absolute atomic E-state index is 5.90. The molecule has 1 aromatic rings. The largest absolute Gasteiger partial charge is 0.371 e. The van der Waals surface area contributed by atoms with Gasteiger partial charge in [-0.3, -0.25) is 0 Å². The van der Waals surface area contributed by atoms with Crippen LogP contribution >= 0.6 is 0 Å². The zero-order valence-electron chi connectivity index (χ0n) is 10.3. The highest BCUT2D eigenvalue weighted by Gasteiger charge is 2.23. The third-order valence-electron chi connectivity index (χ3n) is 3.54. The molecule has 16 heavy (non-hydrogen) atoms. The van der Waals surface area contributed by atoms with Crippen LogP contribution in [-0.4, -0.2) is 19.1 Å². The van der Waals surface area contributed by atoms with Gasteiger partial charge < -0.3 is 10.6 Å². The summed E-state index contributed by atoms with van der Waals surface area (Å²) in [5.74, 6) is 0. The zero-order chi connectivity index (χ0) is 11.5. The first-order valence-electron chi connectivity index (χ1n) is 6.25. The van der Waals surface area contributed by atoms with Gasteiger partial charge in [-0.25, -0.2) is 0 Å². The van der Waals surface area contributed by atoms with Crippen molar-refractivity contribution in [2.45, 2.75) is 44.7 Å². The Hall–Kier alpha value is -1.02. The summed E-state index contributed by atoms with van der Waals surface area (Å²) in [7, 11) is 2.21. The molecule has 1 atom stereocenters. The molecule has 2 heteroatoms. The summed E-state index contributed by atoms with van der Waals surface area (Å²) in [6.07, 6.45) is 5.02. The predicted octanol–water partition coefficient (Wildman–Crippen LogP) is 2.57. The van der Waals surface area contributed by atoms with E-state index >= 15 is 0 Å². The van der Waals surface area contributed by atoms with E-state index in [4.69, 9.17) is 5.73 Å². The average Bonchev–Trinajstić information content (AvgIpc) is 2.14. The van der Waals surface area contributed by atoms with Crippen molar-refractivity contribution in [2.75, 3.05) is 11.9 Å². The molecule has 0 radical (unpaired) electrons. The molecule has 0 bridgehead atoms. The number of hydrogen-bond donors (Lipinski definition) is 1. The SMILES string of the molecule is CC(N)Cc1ccccc1N(C)C1CCC1. The lowest BCUT2D eigenvalue weighted by Gasteiger charge is -2.37. The normalized spacial score (nSPS) is 17.9. The van der Waals surface area contributed by atoms with Crippen LogP contribution in [-0.2, 0) is 6.42 Å². The van der Waals surface area contributed by atoms with E-state index in [-0.39, 0.29) is 6.04 Å². The second-order valence-corrected chi connectivity index (χ2v) is 5.01. The van der Waals surface area contributed by atoms with E-state index in [0.717, 1.165) is 12.5 Å². The number of anilines is 1. The summed E-state index contributed by atoms with van der Waals surface area (Å²) in [5, 5.41) is 0. The Kier molecular flexibility index (Phi) is 3.49. The molecule has 1 unspecified atom stereocenters. The summed E-state index contributed by atoms with van der Waals surface area (Å²) in [4.78, 5) is 2.43. The molecule has 1 aliphatic rings. The van der Waals surface area contributed by atoms with Crippen molar-refractivity contribution in [1.82, 2.24) is 0 Å². The first kappa shape index (κ1) is 11.5. The van der Waals surface area contributed by atoms with Gasteiger partial charge in [-0.1, -0.05) is 18.2 Å². The highest BCUT2D eigenvalue weighted by atomic mass is 15.1. The minimum absolute atomic E-state index is 0.232. The highest BCUT2D eigenvalue weighted by molar-refractivity contribution is 5.54. The van der Waals surface area contributed by atoms with E-state index < -0.39 is 0 Å². The van der Waals surface area contributed by atoms with Gasteiger partial charge in [0.15, 0.2) is 0 Å². The molecule has 0 aliphatic heterocycles. The van der Waals surface area contributed by atoms with E-state index in [0.29, 0.717) is 0 Å². The van der Waals surface area contributed by atoms with Crippen LogP contribution in [0.3, 0.4) is 0 Å². The number of para-hydroxylation sites is 1. The van der Waals surface area contributed by atoms with Crippen LogP contribution in [0.2, 0.25) is 0 Å². The number of nitrogens with zero attached hydrogens (tertiary/aromatic N) is 1. The molecule has 0 saturated heterocycles. The number of benzene rings is 1. The Morgan fingerprint density at radius 1 is 1.38 bits per heavy atom. The third kappa shape index (κ3) is 2.38. The molecular formula is C14H22N2. The lowest BCUT2D eigenvalue weighted by atomic mass is 9.90. The third-order valence-corrected chi connectivity index (χ3v) is 3.54. The van der Waals surface area contributed by atoms with Crippen molar-refractivity contribution in [2.24, 2.45) is 5.73 Å². The summed E-state index contributed by atoms with van der Waals surface area (Å²) in [5.41, 5.74) is 8.64. The lowest BCUT2D eigenvalue weighted by molar-refractivity contribution is 0.400. The fourth-order valence-corrected chi connectivity index (χ4v) is 2.35. The molecule has 0 amide bonds. The Morgan fingerprint density at radius 3 is 2.62 bits per heavy atom. The van der Waals surface area contributed by atoms with Crippen molar-refractivity contribution in [1.29, 1.82) is 0 Å². The maximum atomic E-state index is 5.90. The van der Waals surface area contributed by atoms with Gasteiger partial charge in [0.05, 0.1) is 0 Å². The van der Waals surface area contributed by atoms with Gasteiger partial charge in [0, 0.05) is 24.8 Å². The van der Waals surface area contributed by atoms with Crippen LogP contribution in [0.4, 0.5) is 5.69 Å². The second-order valence-electron chi connectivity index (χ2n) is 5.01. The van der Waals surface area contributed by atoms with E-state index in [9.17, 15) is 0 Å². The summed E-state index contributed by atoms with van der Waals surface area (Å²) in [6.45, 7) is 2.07. The average molecular weight is 218 g/mol. The summed E-state index contributed by atoms with van der Waals surface area (Å²) in [6, 6.07) is 9.62.